The molecule has 1 N–H and O–H groups in total. The zero-order valence-electron chi connectivity index (χ0n) is 15.1. The average Bonchev–Trinajstić information content (AvgIpc) is 3.06. The van der Waals surface area contributed by atoms with E-state index in [1.807, 2.05) is 62.0 Å². The van der Waals surface area contributed by atoms with Crippen LogP contribution in [0.15, 0.2) is 71.9 Å². The molecule has 0 radical (unpaired) electrons. The van der Waals surface area contributed by atoms with Gasteiger partial charge in [0.25, 0.3) is 0 Å². The van der Waals surface area contributed by atoms with E-state index in [0.29, 0.717) is 0 Å². The van der Waals surface area contributed by atoms with Crippen LogP contribution in [0.2, 0.25) is 0 Å². The van der Waals surface area contributed by atoms with Gasteiger partial charge in [-0.3, -0.25) is 0 Å². The van der Waals surface area contributed by atoms with Gasteiger partial charge in [-0.25, -0.2) is 18.1 Å². The highest BCUT2D eigenvalue weighted by atomic mass is 32.2. The number of hydrogen-bond donors (Lipinski definition) is 1. The van der Waals surface area contributed by atoms with Crippen molar-refractivity contribution < 1.29 is 8.42 Å². The lowest BCUT2D eigenvalue weighted by Crippen LogP contribution is -2.32. The largest absolute Gasteiger partial charge is 0.338 e. The Balaban J connectivity index is 1.99. The van der Waals surface area contributed by atoms with Crippen molar-refractivity contribution in [2.75, 3.05) is 0 Å². The minimum Gasteiger partial charge on any atom is -0.338 e. The van der Waals surface area contributed by atoms with E-state index >= 15 is 0 Å². The topological polar surface area (TPSA) is 64.0 Å². The van der Waals surface area contributed by atoms with Crippen molar-refractivity contribution in [3.8, 4) is 0 Å². The monoisotopic (exact) mass is 369 g/mol. The SMILES string of the molecule is Cc1ccc(S(=O)(=O)NC(c2ccccc2)C(C)c2nccn2C)cc1. The van der Waals surface area contributed by atoms with Gasteiger partial charge in [0.15, 0.2) is 0 Å². The Bertz CT molecular complexity index is 964. The molecule has 5 nitrogen and oxygen atoms in total. The molecule has 0 amide bonds. The second kappa shape index (κ2) is 7.43. The van der Waals surface area contributed by atoms with Crippen molar-refractivity contribution in [2.24, 2.45) is 7.05 Å². The van der Waals surface area contributed by atoms with E-state index in [2.05, 4.69) is 9.71 Å². The maximum atomic E-state index is 12.9. The van der Waals surface area contributed by atoms with Crippen LogP contribution in [0.1, 0.15) is 35.8 Å². The smallest absolute Gasteiger partial charge is 0.241 e. The summed E-state index contributed by atoms with van der Waals surface area (Å²) >= 11 is 0. The molecule has 26 heavy (non-hydrogen) atoms. The molecule has 136 valence electrons. The molecule has 1 heterocycles. The number of benzene rings is 2. The van der Waals surface area contributed by atoms with Gasteiger partial charge >= 0.3 is 0 Å². The Kier molecular flexibility index (Phi) is 5.25. The summed E-state index contributed by atoms with van der Waals surface area (Å²) in [7, 11) is -1.75. The molecule has 1 aromatic heterocycles. The summed E-state index contributed by atoms with van der Waals surface area (Å²) in [5.74, 6) is 0.683. The van der Waals surface area contributed by atoms with Gasteiger partial charge in [-0.1, -0.05) is 55.0 Å². The van der Waals surface area contributed by atoms with E-state index in [1.165, 1.54) is 0 Å². The molecule has 0 fully saturated rings. The number of nitrogens with zero attached hydrogens (tertiary/aromatic N) is 2. The lowest BCUT2D eigenvalue weighted by atomic mass is 9.95. The lowest BCUT2D eigenvalue weighted by Gasteiger charge is -2.25. The molecule has 0 aliphatic heterocycles. The second-order valence-corrected chi connectivity index (χ2v) is 8.22. The molecule has 0 aliphatic rings. The van der Waals surface area contributed by atoms with Crippen LogP contribution in [0.4, 0.5) is 0 Å². The van der Waals surface area contributed by atoms with E-state index in [-0.39, 0.29) is 10.8 Å². The van der Waals surface area contributed by atoms with Crippen LogP contribution in [-0.2, 0) is 17.1 Å². The van der Waals surface area contributed by atoms with Crippen LogP contribution in [0.5, 0.6) is 0 Å². The van der Waals surface area contributed by atoms with Gasteiger partial charge in [0, 0.05) is 25.4 Å². The third-order valence-electron chi connectivity index (χ3n) is 4.54. The summed E-state index contributed by atoms with van der Waals surface area (Å²) in [6.45, 7) is 3.91. The van der Waals surface area contributed by atoms with Gasteiger partial charge in [-0.05, 0) is 24.6 Å². The molecule has 2 unspecified atom stereocenters. The fraction of sp³-hybridized carbons (Fsp3) is 0.250. The van der Waals surface area contributed by atoms with Crippen molar-refractivity contribution in [2.45, 2.75) is 30.7 Å². The van der Waals surface area contributed by atoms with Crippen LogP contribution >= 0.6 is 0 Å². The van der Waals surface area contributed by atoms with Crippen molar-refractivity contribution in [3.63, 3.8) is 0 Å². The average molecular weight is 369 g/mol. The van der Waals surface area contributed by atoms with E-state index in [0.717, 1.165) is 17.0 Å². The van der Waals surface area contributed by atoms with Gasteiger partial charge in [-0.15, -0.1) is 0 Å². The van der Waals surface area contributed by atoms with Crippen LogP contribution in [0, 0.1) is 6.92 Å². The number of imidazole rings is 1. The fourth-order valence-corrected chi connectivity index (χ4v) is 4.34. The summed E-state index contributed by atoms with van der Waals surface area (Å²) < 4.78 is 30.7. The molecule has 0 spiro atoms. The molecule has 0 bridgehead atoms. The van der Waals surface area contributed by atoms with E-state index < -0.39 is 16.1 Å². The Morgan fingerprint density at radius 1 is 1.04 bits per heavy atom. The standard InChI is InChI=1S/C20H23N3O2S/c1-15-9-11-18(12-10-15)26(24,25)22-19(17-7-5-4-6-8-17)16(2)20-21-13-14-23(20)3/h4-14,16,19,22H,1-3H3. The van der Waals surface area contributed by atoms with Crippen molar-refractivity contribution in [1.82, 2.24) is 14.3 Å². The summed E-state index contributed by atoms with van der Waals surface area (Å²) in [6.07, 6.45) is 3.59. The number of hydrogen-bond acceptors (Lipinski definition) is 3. The van der Waals surface area contributed by atoms with E-state index in [1.54, 1.807) is 30.5 Å². The molecule has 3 aromatic rings. The number of aromatic nitrogens is 2. The molecule has 0 aliphatic carbocycles. The third kappa shape index (κ3) is 3.86. The maximum absolute atomic E-state index is 12.9. The number of aryl methyl sites for hydroxylation is 2. The van der Waals surface area contributed by atoms with Crippen molar-refractivity contribution in [1.29, 1.82) is 0 Å². The minimum atomic E-state index is -3.66. The second-order valence-electron chi connectivity index (χ2n) is 6.51. The predicted octanol–water partition coefficient (Wildman–Crippen LogP) is 3.55. The highest BCUT2D eigenvalue weighted by molar-refractivity contribution is 7.89. The lowest BCUT2D eigenvalue weighted by molar-refractivity contribution is 0.493. The van der Waals surface area contributed by atoms with Gasteiger partial charge in [0.2, 0.25) is 10.0 Å². The Hall–Kier alpha value is -2.44. The Morgan fingerprint density at radius 3 is 2.27 bits per heavy atom. The highest BCUT2D eigenvalue weighted by Gasteiger charge is 2.28. The van der Waals surface area contributed by atoms with Gasteiger partial charge < -0.3 is 4.57 Å². The number of sulfonamides is 1. The Labute approximate surface area is 154 Å². The molecule has 3 rings (SSSR count). The van der Waals surface area contributed by atoms with Crippen molar-refractivity contribution >= 4 is 10.0 Å². The summed E-state index contributed by atoms with van der Waals surface area (Å²) in [6, 6.07) is 16.0. The molecule has 6 heteroatoms. The fourth-order valence-electron chi connectivity index (χ4n) is 3.04. The normalized spacial score (nSPS) is 14.1. The first-order valence-electron chi connectivity index (χ1n) is 8.49. The highest BCUT2D eigenvalue weighted by Crippen LogP contribution is 2.31. The van der Waals surface area contributed by atoms with E-state index in [4.69, 9.17) is 0 Å². The summed E-state index contributed by atoms with van der Waals surface area (Å²) in [4.78, 5) is 4.66. The molecule has 0 saturated carbocycles. The van der Waals surface area contributed by atoms with Crippen LogP contribution < -0.4 is 4.72 Å². The minimum absolute atomic E-state index is 0.141. The Morgan fingerprint density at radius 2 is 1.69 bits per heavy atom. The molecule has 2 atom stereocenters. The van der Waals surface area contributed by atoms with Gasteiger partial charge in [0.05, 0.1) is 10.9 Å². The zero-order chi connectivity index (χ0) is 18.7. The van der Waals surface area contributed by atoms with Crippen molar-refractivity contribution in [3.05, 3.63) is 83.9 Å². The van der Waals surface area contributed by atoms with Crippen LogP contribution in [0.25, 0.3) is 0 Å². The first kappa shape index (κ1) is 18.4. The van der Waals surface area contributed by atoms with Crippen LogP contribution in [0.3, 0.4) is 0 Å². The zero-order valence-corrected chi connectivity index (χ0v) is 15.9. The molecule has 2 aromatic carbocycles. The van der Waals surface area contributed by atoms with Crippen LogP contribution in [-0.4, -0.2) is 18.0 Å². The maximum Gasteiger partial charge on any atom is 0.241 e. The van der Waals surface area contributed by atoms with E-state index in [9.17, 15) is 8.42 Å². The first-order valence-corrected chi connectivity index (χ1v) is 9.98. The predicted molar refractivity (Wildman–Crippen MR) is 102 cm³/mol. The third-order valence-corrected chi connectivity index (χ3v) is 5.99. The van der Waals surface area contributed by atoms with Gasteiger partial charge in [0.1, 0.15) is 5.82 Å². The first-order chi connectivity index (χ1) is 12.4. The molecular formula is C20H23N3O2S. The summed E-state index contributed by atoms with van der Waals surface area (Å²) in [5.41, 5.74) is 1.92. The molecule has 0 saturated heterocycles. The molecular weight excluding hydrogens is 346 g/mol. The summed E-state index contributed by atoms with van der Waals surface area (Å²) in [5, 5.41) is 0. The quantitative estimate of drug-likeness (QED) is 0.723. The van der Waals surface area contributed by atoms with Gasteiger partial charge in [-0.2, -0.15) is 0 Å². The number of nitrogens with one attached hydrogen (secondary N) is 1. The number of rotatable bonds is 6.